The molecular formula is C24H25N5O3. The molecule has 0 fully saturated rings. The molecule has 2 unspecified atom stereocenters. The lowest BCUT2D eigenvalue weighted by atomic mass is 9.88. The zero-order valence-corrected chi connectivity index (χ0v) is 17.9. The number of amidine groups is 1. The van der Waals surface area contributed by atoms with Crippen molar-refractivity contribution in [2.45, 2.75) is 6.92 Å². The number of nitrogens with one attached hydrogen (secondary N) is 1. The molecule has 0 saturated heterocycles. The van der Waals surface area contributed by atoms with Gasteiger partial charge < -0.3 is 20.5 Å². The quantitative estimate of drug-likeness (QED) is 0.297. The Morgan fingerprint density at radius 2 is 2.06 bits per heavy atom. The standard InChI is InChI=1S/C24H25N5O3/c1-4-19(32-20-11-12-27-21(14-20)23(30)26-3)10-9-16(2)31-24(25)29-22-13-17-7-5-6-8-18(17)15-28-22/h4-15,17-18H,2H2,1,3H3,(H2,25,29)(H,26,30)/b10-9-,19-4+. The number of carbonyl (C=O) groups is 1. The van der Waals surface area contributed by atoms with Crippen molar-refractivity contribution in [1.29, 1.82) is 0 Å². The van der Waals surface area contributed by atoms with Gasteiger partial charge in [-0.05, 0) is 37.3 Å². The summed E-state index contributed by atoms with van der Waals surface area (Å²) in [6.45, 7) is 5.64. The maximum Gasteiger partial charge on any atom is 0.294 e. The number of pyridine rings is 1. The van der Waals surface area contributed by atoms with E-state index in [9.17, 15) is 4.79 Å². The van der Waals surface area contributed by atoms with Crippen LogP contribution in [0.15, 0.2) is 101 Å². The van der Waals surface area contributed by atoms with E-state index in [1.54, 1.807) is 30.4 Å². The van der Waals surface area contributed by atoms with Crippen molar-refractivity contribution in [1.82, 2.24) is 10.3 Å². The first-order valence-corrected chi connectivity index (χ1v) is 10.0. The van der Waals surface area contributed by atoms with Crippen LogP contribution in [-0.2, 0) is 4.74 Å². The van der Waals surface area contributed by atoms with Crippen molar-refractivity contribution in [3.8, 4) is 5.75 Å². The number of nitrogens with two attached hydrogens (primary N) is 1. The molecule has 0 saturated carbocycles. The number of hydrogen-bond acceptors (Lipinski definition) is 6. The summed E-state index contributed by atoms with van der Waals surface area (Å²) in [6.07, 6.45) is 18.5. The summed E-state index contributed by atoms with van der Waals surface area (Å²) in [6, 6.07) is 3.14. The van der Waals surface area contributed by atoms with Crippen LogP contribution in [0, 0.1) is 11.8 Å². The van der Waals surface area contributed by atoms with E-state index in [-0.39, 0.29) is 35.2 Å². The highest BCUT2D eigenvalue weighted by molar-refractivity contribution is 5.92. The lowest BCUT2D eigenvalue weighted by molar-refractivity contribution is 0.0958. The molecular weight excluding hydrogens is 406 g/mol. The zero-order valence-electron chi connectivity index (χ0n) is 17.9. The van der Waals surface area contributed by atoms with Crippen molar-refractivity contribution in [3.05, 3.63) is 96.5 Å². The molecule has 0 bridgehead atoms. The Morgan fingerprint density at radius 1 is 1.28 bits per heavy atom. The van der Waals surface area contributed by atoms with Gasteiger partial charge in [0.2, 0.25) is 0 Å². The molecule has 3 N–H and O–H groups in total. The fourth-order valence-corrected chi connectivity index (χ4v) is 2.93. The Bertz CT molecular complexity index is 1090. The molecule has 1 aliphatic carbocycles. The Morgan fingerprint density at radius 3 is 2.81 bits per heavy atom. The van der Waals surface area contributed by atoms with Crippen LogP contribution < -0.4 is 15.8 Å². The molecule has 8 heteroatoms. The van der Waals surface area contributed by atoms with Gasteiger partial charge in [0, 0.05) is 37.4 Å². The Labute approximate surface area is 187 Å². The first-order valence-electron chi connectivity index (χ1n) is 10.0. The second-order valence-corrected chi connectivity index (χ2v) is 6.83. The van der Waals surface area contributed by atoms with Gasteiger partial charge in [0.1, 0.15) is 23.0 Å². The van der Waals surface area contributed by atoms with Gasteiger partial charge in [-0.3, -0.25) is 9.78 Å². The van der Waals surface area contributed by atoms with Gasteiger partial charge in [-0.25, -0.2) is 4.99 Å². The lowest BCUT2D eigenvalue weighted by Crippen LogP contribution is -2.19. The molecule has 3 rings (SSSR count). The molecule has 1 aromatic rings. The van der Waals surface area contributed by atoms with Crippen LogP contribution in [0.4, 0.5) is 0 Å². The molecule has 32 heavy (non-hydrogen) atoms. The summed E-state index contributed by atoms with van der Waals surface area (Å²) in [5.74, 6) is 1.90. The Kier molecular flexibility index (Phi) is 7.53. The normalized spacial score (nSPS) is 20.0. The molecule has 2 aliphatic rings. The number of amides is 1. The minimum Gasteiger partial charge on any atom is -0.458 e. The van der Waals surface area contributed by atoms with Gasteiger partial charge in [0.05, 0.1) is 0 Å². The van der Waals surface area contributed by atoms with E-state index in [0.717, 1.165) is 0 Å². The smallest absolute Gasteiger partial charge is 0.294 e. The van der Waals surface area contributed by atoms with Crippen molar-refractivity contribution < 1.29 is 14.3 Å². The van der Waals surface area contributed by atoms with Gasteiger partial charge in [-0.1, -0.05) is 30.9 Å². The fraction of sp³-hybridized carbons (Fsp3) is 0.167. The van der Waals surface area contributed by atoms with E-state index >= 15 is 0 Å². The molecule has 2 atom stereocenters. The molecule has 2 heterocycles. The van der Waals surface area contributed by atoms with Crippen LogP contribution in [0.3, 0.4) is 0 Å². The number of rotatable bonds is 7. The summed E-state index contributed by atoms with van der Waals surface area (Å²) < 4.78 is 11.2. The number of fused-ring (bicyclic) bond motifs is 1. The van der Waals surface area contributed by atoms with Crippen LogP contribution in [0.25, 0.3) is 0 Å². The van der Waals surface area contributed by atoms with Crippen molar-refractivity contribution in [2.75, 3.05) is 7.05 Å². The first kappa shape index (κ1) is 22.5. The number of allylic oxidation sites excluding steroid dienone is 8. The van der Waals surface area contributed by atoms with E-state index in [2.05, 4.69) is 39.0 Å². The Hall–Kier alpha value is -4.20. The topological polar surface area (TPSA) is 111 Å². The molecule has 1 amide bonds. The highest BCUT2D eigenvalue weighted by Crippen LogP contribution is 2.25. The fourth-order valence-electron chi connectivity index (χ4n) is 2.93. The number of ether oxygens (including phenoxy) is 2. The predicted molar refractivity (Wildman–Crippen MR) is 125 cm³/mol. The molecule has 0 radical (unpaired) electrons. The van der Waals surface area contributed by atoms with Gasteiger partial charge in [0.25, 0.3) is 11.9 Å². The van der Waals surface area contributed by atoms with Crippen molar-refractivity contribution >= 4 is 18.1 Å². The van der Waals surface area contributed by atoms with Crippen LogP contribution in [0.1, 0.15) is 17.4 Å². The number of hydrogen-bond donors (Lipinski definition) is 2. The summed E-state index contributed by atoms with van der Waals surface area (Å²) in [4.78, 5) is 24.3. The zero-order chi connectivity index (χ0) is 22.9. The summed E-state index contributed by atoms with van der Waals surface area (Å²) in [5.41, 5.74) is 6.15. The maximum absolute atomic E-state index is 11.7. The third kappa shape index (κ3) is 6.15. The molecule has 0 aromatic carbocycles. The highest BCUT2D eigenvalue weighted by Gasteiger charge is 2.19. The van der Waals surface area contributed by atoms with Gasteiger partial charge in [0.15, 0.2) is 5.82 Å². The molecule has 8 nitrogen and oxygen atoms in total. The van der Waals surface area contributed by atoms with Crippen molar-refractivity contribution in [2.24, 2.45) is 27.6 Å². The summed E-state index contributed by atoms with van der Waals surface area (Å²) >= 11 is 0. The van der Waals surface area contributed by atoms with Gasteiger partial charge in [-0.15, -0.1) is 0 Å². The minimum absolute atomic E-state index is 0.0656. The second-order valence-electron chi connectivity index (χ2n) is 6.83. The molecule has 1 aliphatic heterocycles. The monoisotopic (exact) mass is 431 g/mol. The summed E-state index contributed by atoms with van der Waals surface area (Å²) in [7, 11) is 1.54. The highest BCUT2D eigenvalue weighted by atomic mass is 16.5. The minimum atomic E-state index is -0.298. The molecule has 1 aromatic heterocycles. The first-order chi connectivity index (χ1) is 15.5. The van der Waals surface area contributed by atoms with Crippen LogP contribution in [0.5, 0.6) is 5.75 Å². The third-order valence-corrected chi connectivity index (χ3v) is 4.55. The second kappa shape index (κ2) is 10.7. The van der Waals surface area contributed by atoms with Gasteiger partial charge >= 0.3 is 0 Å². The van der Waals surface area contributed by atoms with E-state index < -0.39 is 0 Å². The largest absolute Gasteiger partial charge is 0.458 e. The van der Waals surface area contributed by atoms with Crippen LogP contribution in [0.2, 0.25) is 0 Å². The lowest BCUT2D eigenvalue weighted by Gasteiger charge is -2.20. The predicted octanol–water partition coefficient (Wildman–Crippen LogP) is 3.41. The number of nitrogens with zero attached hydrogens (tertiary/aromatic N) is 3. The number of aromatic nitrogens is 1. The van der Waals surface area contributed by atoms with E-state index in [1.807, 2.05) is 31.4 Å². The number of aliphatic imine (C=N–C) groups is 2. The molecule has 164 valence electrons. The average molecular weight is 431 g/mol. The third-order valence-electron chi connectivity index (χ3n) is 4.55. The summed E-state index contributed by atoms with van der Waals surface area (Å²) in [5, 5.41) is 2.52. The van der Waals surface area contributed by atoms with E-state index in [4.69, 9.17) is 15.2 Å². The van der Waals surface area contributed by atoms with Gasteiger partial charge in [-0.2, -0.15) is 4.99 Å². The SMILES string of the molecule is C=C(/C=C\C(=C/C)Oc1ccnc(C(=O)NC)c1)O/C(N)=N/C1=CC2C=CC=CC2C=N1. The average Bonchev–Trinajstić information content (AvgIpc) is 2.81. The maximum atomic E-state index is 11.7. The van der Waals surface area contributed by atoms with Crippen LogP contribution in [-0.4, -0.2) is 30.2 Å². The van der Waals surface area contributed by atoms with E-state index in [1.165, 1.54) is 13.2 Å². The number of carbonyl (C=O) groups excluding carboxylic acids is 1. The van der Waals surface area contributed by atoms with E-state index in [0.29, 0.717) is 17.3 Å². The Balaban J connectivity index is 1.58. The van der Waals surface area contributed by atoms with Crippen molar-refractivity contribution in [3.63, 3.8) is 0 Å². The molecule has 0 spiro atoms. The van der Waals surface area contributed by atoms with Crippen LogP contribution >= 0.6 is 0 Å².